The highest BCUT2D eigenvalue weighted by molar-refractivity contribution is 5.91. The van der Waals surface area contributed by atoms with Crippen LogP contribution in [0.1, 0.15) is 16.8 Å². The molecule has 0 aliphatic rings. The smallest absolute Gasteiger partial charge is 0.408 e. The van der Waals surface area contributed by atoms with Crippen molar-refractivity contribution >= 4 is 28.9 Å². The van der Waals surface area contributed by atoms with Crippen molar-refractivity contribution in [3.8, 4) is 0 Å². The number of rotatable bonds is 10. The van der Waals surface area contributed by atoms with E-state index in [9.17, 15) is 14.4 Å². The van der Waals surface area contributed by atoms with Crippen molar-refractivity contribution < 1.29 is 19.1 Å². The molecular weight excluding hydrogens is 470 g/mol. The second kappa shape index (κ2) is 12.3. The summed E-state index contributed by atoms with van der Waals surface area (Å²) >= 11 is 0. The van der Waals surface area contributed by atoms with Crippen LogP contribution in [0.5, 0.6) is 0 Å². The maximum atomic E-state index is 13.2. The van der Waals surface area contributed by atoms with Crippen molar-refractivity contribution in [1.29, 1.82) is 0 Å². The predicted molar refractivity (Wildman–Crippen MR) is 138 cm³/mol. The predicted octanol–water partition coefficient (Wildman–Crippen LogP) is 2.68. The van der Waals surface area contributed by atoms with Crippen LogP contribution in [0.4, 0.5) is 4.79 Å². The number of nitrogens with two attached hydrogens (primary N) is 1. The number of amides is 3. The molecule has 2 atom stereocenters. The van der Waals surface area contributed by atoms with Crippen LogP contribution < -0.4 is 16.4 Å². The van der Waals surface area contributed by atoms with Crippen LogP contribution in [0.2, 0.25) is 0 Å². The van der Waals surface area contributed by atoms with Gasteiger partial charge in [-0.2, -0.15) is 0 Å². The molecule has 4 aromatic rings. The van der Waals surface area contributed by atoms with E-state index >= 15 is 0 Å². The Morgan fingerprint density at radius 2 is 1.38 bits per heavy atom. The number of nitrogens with one attached hydrogen (secondary N) is 2. The van der Waals surface area contributed by atoms with Gasteiger partial charge in [-0.05, 0) is 23.3 Å². The van der Waals surface area contributed by atoms with Gasteiger partial charge in [0.2, 0.25) is 11.8 Å². The second-order valence-corrected chi connectivity index (χ2v) is 8.47. The normalized spacial score (nSPS) is 12.3. The molecular formula is C28H27N5O4. The Labute approximate surface area is 214 Å². The Bertz CT molecular complexity index is 1360. The molecule has 0 saturated carbocycles. The van der Waals surface area contributed by atoms with Gasteiger partial charge in [0.05, 0.1) is 16.7 Å². The van der Waals surface area contributed by atoms with Crippen molar-refractivity contribution in [2.45, 2.75) is 31.5 Å². The average Bonchev–Trinajstić information content (AvgIpc) is 2.92. The van der Waals surface area contributed by atoms with Gasteiger partial charge in [0.1, 0.15) is 18.7 Å². The highest BCUT2D eigenvalue weighted by Gasteiger charge is 2.27. The molecule has 1 heterocycles. The largest absolute Gasteiger partial charge is 0.445 e. The molecule has 0 unspecified atom stereocenters. The van der Waals surface area contributed by atoms with Crippen LogP contribution in [0.3, 0.4) is 0 Å². The number of hydrogen-bond acceptors (Lipinski definition) is 6. The Balaban J connectivity index is 1.45. The summed E-state index contributed by atoms with van der Waals surface area (Å²) in [7, 11) is 0. The van der Waals surface area contributed by atoms with E-state index in [4.69, 9.17) is 10.5 Å². The van der Waals surface area contributed by atoms with Crippen LogP contribution in [-0.4, -0.2) is 40.0 Å². The highest BCUT2D eigenvalue weighted by Crippen LogP contribution is 2.11. The quantitative estimate of drug-likeness (QED) is 0.308. The molecule has 1 aromatic heterocycles. The van der Waals surface area contributed by atoms with Crippen molar-refractivity contribution in [3.05, 3.63) is 108 Å². The molecule has 9 nitrogen and oxygen atoms in total. The van der Waals surface area contributed by atoms with E-state index in [1.54, 1.807) is 6.20 Å². The number of carbonyl (C=O) groups excluding carboxylic acids is 3. The fourth-order valence-electron chi connectivity index (χ4n) is 3.76. The minimum atomic E-state index is -1.05. The van der Waals surface area contributed by atoms with Gasteiger partial charge < -0.3 is 21.1 Å². The summed E-state index contributed by atoms with van der Waals surface area (Å²) in [4.78, 5) is 46.9. The number of carbonyl (C=O) groups is 3. The number of aromatic nitrogens is 2. The lowest BCUT2D eigenvalue weighted by atomic mass is 10.0. The molecule has 0 spiro atoms. The van der Waals surface area contributed by atoms with Gasteiger partial charge in [-0.1, -0.05) is 72.8 Å². The molecule has 3 aromatic carbocycles. The average molecular weight is 498 g/mol. The Hall–Kier alpha value is -4.79. The Morgan fingerprint density at radius 1 is 0.757 bits per heavy atom. The molecule has 9 heteroatoms. The molecule has 37 heavy (non-hydrogen) atoms. The van der Waals surface area contributed by atoms with Gasteiger partial charge >= 0.3 is 6.09 Å². The first-order chi connectivity index (χ1) is 18.0. The zero-order valence-electron chi connectivity index (χ0n) is 20.0. The summed E-state index contributed by atoms with van der Waals surface area (Å²) in [6, 6.07) is 23.7. The third-order valence-electron chi connectivity index (χ3n) is 5.68. The molecule has 0 bridgehead atoms. The van der Waals surface area contributed by atoms with Crippen LogP contribution in [0, 0.1) is 0 Å². The van der Waals surface area contributed by atoms with Gasteiger partial charge in [0.25, 0.3) is 0 Å². The Morgan fingerprint density at radius 3 is 2.05 bits per heavy atom. The zero-order chi connectivity index (χ0) is 26.0. The number of para-hydroxylation sites is 2. The molecule has 4 rings (SSSR count). The molecule has 188 valence electrons. The summed E-state index contributed by atoms with van der Waals surface area (Å²) in [5.41, 5.74) is 9.11. The van der Waals surface area contributed by atoms with Gasteiger partial charge in [0.15, 0.2) is 0 Å². The lowest BCUT2D eigenvalue weighted by molar-refractivity contribution is -0.128. The second-order valence-electron chi connectivity index (χ2n) is 8.47. The first-order valence-corrected chi connectivity index (χ1v) is 11.8. The van der Waals surface area contributed by atoms with Gasteiger partial charge in [-0.25, -0.2) is 9.78 Å². The minimum absolute atomic E-state index is 0.0510. The van der Waals surface area contributed by atoms with Crippen molar-refractivity contribution in [3.63, 3.8) is 0 Å². The SMILES string of the molecule is NC(=O)[C@H](Cc1cnc2ccccc2n1)NC(=O)[C@@H](Cc1ccccc1)NC(=O)OCc1ccccc1. The molecule has 0 fully saturated rings. The van der Waals surface area contributed by atoms with Crippen molar-refractivity contribution in [1.82, 2.24) is 20.6 Å². The van der Waals surface area contributed by atoms with Crippen LogP contribution in [-0.2, 0) is 33.8 Å². The molecule has 0 radical (unpaired) electrons. The first-order valence-electron chi connectivity index (χ1n) is 11.8. The fourth-order valence-corrected chi connectivity index (χ4v) is 3.76. The number of ether oxygens (including phenoxy) is 1. The number of hydrogen-bond donors (Lipinski definition) is 3. The van der Waals surface area contributed by atoms with Gasteiger partial charge in [0, 0.05) is 19.0 Å². The Kier molecular flexibility index (Phi) is 8.38. The highest BCUT2D eigenvalue weighted by atomic mass is 16.5. The van der Waals surface area contributed by atoms with Crippen molar-refractivity contribution in [2.24, 2.45) is 5.73 Å². The maximum absolute atomic E-state index is 13.2. The minimum Gasteiger partial charge on any atom is -0.445 e. The first kappa shape index (κ1) is 25.3. The van der Waals surface area contributed by atoms with E-state index in [1.807, 2.05) is 84.9 Å². The summed E-state index contributed by atoms with van der Waals surface area (Å²) in [6.07, 6.45) is 1.03. The van der Waals surface area contributed by atoms with Crippen molar-refractivity contribution in [2.75, 3.05) is 0 Å². The monoisotopic (exact) mass is 497 g/mol. The number of nitrogens with zero attached hydrogens (tertiary/aromatic N) is 2. The van der Waals surface area contributed by atoms with E-state index in [0.29, 0.717) is 16.7 Å². The molecule has 0 aliphatic carbocycles. The topological polar surface area (TPSA) is 136 Å². The fraction of sp³-hybridized carbons (Fsp3) is 0.179. The molecule has 3 amide bonds. The van der Waals surface area contributed by atoms with Gasteiger partial charge in [-0.15, -0.1) is 0 Å². The third kappa shape index (κ3) is 7.35. The summed E-state index contributed by atoms with van der Waals surface area (Å²) in [5.74, 6) is -1.30. The van der Waals surface area contributed by atoms with Crippen LogP contribution >= 0.6 is 0 Å². The standard InChI is InChI=1S/C28H27N5O4/c29-26(34)24(16-21-17-30-22-13-7-8-14-23(22)31-21)32-27(35)25(15-19-9-3-1-4-10-19)33-28(36)37-18-20-11-5-2-6-12-20/h1-14,17,24-25H,15-16,18H2,(H2,29,34)(H,32,35)(H,33,36)/t24-,25+/m0/s1. The van der Waals surface area contributed by atoms with E-state index in [0.717, 1.165) is 11.1 Å². The molecule has 0 saturated heterocycles. The number of alkyl carbamates (subject to hydrolysis) is 1. The van der Waals surface area contributed by atoms with E-state index in [2.05, 4.69) is 20.6 Å². The third-order valence-corrected chi connectivity index (χ3v) is 5.68. The summed E-state index contributed by atoms with van der Waals surface area (Å²) in [5, 5.41) is 5.28. The van der Waals surface area contributed by atoms with Crippen LogP contribution in [0.15, 0.2) is 91.1 Å². The summed E-state index contributed by atoms with van der Waals surface area (Å²) < 4.78 is 5.30. The summed E-state index contributed by atoms with van der Waals surface area (Å²) in [6.45, 7) is 0.0525. The van der Waals surface area contributed by atoms with E-state index in [1.165, 1.54) is 0 Å². The lowest BCUT2D eigenvalue weighted by Crippen LogP contribution is -2.54. The number of primary amides is 1. The van der Waals surface area contributed by atoms with Crippen LogP contribution in [0.25, 0.3) is 11.0 Å². The van der Waals surface area contributed by atoms with E-state index in [-0.39, 0.29) is 19.4 Å². The molecule has 0 aliphatic heterocycles. The lowest BCUT2D eigenvalue weighted by Gasteiger charge is -2.22. The molecule has 4 N–H and O–H groups in total. The maximum Gasteiger partial charge on any atom is 0.408 e. The van der Waals surface area contributed by atoms with E-state index < -0.39 is 30.0 Å². The van der Waals surface area contributed by atoms with Gasteiger partial charge in [-0.3, -0.25) is 14.6 Å². The number of benzene rings is 3. The number of fused-ring (bicyclic) bond motifs is 1. The zero-order valence-corrected chi connectivity index (χ0v) is 20.0.